The molecule has 1 aliphatic carbocycles. The summed E-state index contributed by atoms with van der Waals surface area (Å²) < 4.78 is 0.769. The van der Waals surface area contributed by atoms with Crippen LogP contribution >= 0.6 is 15.9 Å². The van der Waals surface area contributed by atoms with Gasteiger partial charge >= 0.3 is 0 Å². The number of aromatic hydroxyl groups is 1. The zero-order chi connectivity index (χ0) is 14.1. The first-order valence-electron chi connectivity index (χ1n) is 6.55. The molecule has 2 N–H and O–H groups in total. The van der Waals surface area contributed by atoms with Crippen molar-refractivity contribution >= 4 is 27.5 Å². The fourth-order valence-corrected chi connectivity index (χ4v) is 2.87. The first-order valence-corrected chi connectivity index (χ1v) is 7.34. The van der Waals surface area contributed by atoms with Crippen molar-refractivity contribution in [2.75, 3.05) is 5.32 Å². The second kappa shape index (κ2) is 5.29. The molecule has 0 aromatic heterocycles. The van der Waals surface area contributed by atoms with Crippen LogP contribution in [0.4, 0.5) is 5.69 Å². The lowest BCUT2D eigenvalue weighted by molar-refractivity contribution is 0.102. The third-order valence-corrected chi connectivity index (χ3v) is 4.06. The number of rotatable bonds is 2. The van der Waals surface area contributed by atoms with E-state index in [-0.39, 0.29) is 11.7 Å². The lowest BCUT2D eigenvalue weighted by Crippen LogP contribution is -2.12. The summed E-state index contributed by atoms with van der Waals surface area (Å²) in [6.45, 7) is 0. The molecule has 0 fully saturated rings. The predicted molar refractivity (Wildman–Crippen MR) is 82.2 cm³/mol. The van der Waals surface area contributed by atoms with E-state index in [1.165, 1.54) is 11.1 Å². The lowest BCUT2D eigenvalue weighted by atomic mass is 10.1. The number of phenolic OH excluding ortho intramolecular Hbond substituents is 1. The maximum atomic E-state index is 12.2. The Hall–Kier alpha value is -1.81. The number of aryl methyl sites for hydroxylation is 2. The highest BCUT2D eigenvalue weighted by atomic mass is 79.9. The van der Waals surface area contributed by atoms with Gasteiger partial charge < -0.3 is 10.4 Å². The summed E-state index contributed by atoms with van der Waals surface area (Å²) in [7, 11) is 0. The van der Waals surface area contributed by atoms with Crippen LogP contribution in [-0.2, 0) is 12.8 Å². The third kappa shape index (κ3) is 2.56. The van der Waals surface area contributed by atoms with Gasteiger partial charge in [-0.1, -0.05) is 22.0 Å². The van der Waals surface area contributed by atoms with E-state index in [1.807, 2.05) is 18.2 Å². The number of fused-ring (bicyclic) bond motifs is 1. The SMILES string of the molecule is O=C(Nc1ccc(Br)cc1O)c1ccc2c(c1)CCC2. The number of halogens is 1. The molecule has 1 amide bonds. The second-order valence-corrected chi connectivity index (χ2v) is 5.87. The molecule has 4 heteroatoms. The van der Waals surface area contributed by atoms with Crippen LogP contribution in [0.3, 0.4) is 0 Å². The van der Waals surface area contributed by atoms with Crippen molar-refractivity contribution in [1.29, 1.82) is 0 Å². The van der Waals surface area contributed by atoms with Gasteiger partial charge in [0.15, 0.2) is 0 Å². The molecular formula is C16H14BrNO2. The van der Waals surface area contributed by atoms with E-state index in [2.05, 4.69) is 21.2 Å². The minimum Gasteiger partial charge on any atom is -0.506 e. The first-order chi connectivity index (χ1) is 9.63. The van der Waals surface area contributed by atoms with E-state index in [0.717, 1.165) is 23.7 Å². The van der Waals surface area contributed by atoms with Crippen LogP contribution in [0.5, 0.6) is 5.75 Å². The zero-order valence-electron chi connectivity index (χ0n) is 10.8. The molecule has 0 atom stereocenters. The average Bonchev–Trinajstić information content (AvgIpc) is 2.89. The van der Waals surface area contributed by atoms with E-state index < -0.39 is 0 Å². The van der Waals surface area contributed by atoms with Crippen LogP contribution in [0.15, 0.2) is 40.9 Å². The Labute approximate surface area is 125 Å². The van der Waals surface area contributed by atoms with Gasteiger partial charge in [-0.3, -0.25) is 4.79 Å². The molecule has 0 aliphatic heterocycles. The summed E-state index contributed by atoms with van der Waals surface area (Å²) in [5.74, 6) is -0.147. The predicted octanol–water partition coefficient (Wildman–Crippen LogP) is 3.90. The third-order valence-electron chi connectivity index (χ3n) is 3.57. The minimum absolute atomic E-state index is 0.0499. The summed E-state index contributed by atoms with van der Waals surface area (Å²) in [6, 6.07) is 10.8. The molecule has 1 aliphatic rings. The number of carbonyl (C=O) groups excluding carboxylic acids is 1. The molecule has 0 radical (unpaired) electrons. The standard InChI is InChI=1S/C16H14BrNO2/c17-13-6-7-14(15(19)9-13)18-16(20)12-5-4-10-2-1-3-11(10)8-12/h4-9,19H,1-3H2,(H,18,20). The summed E-state index contributed by atoms with van der Waals surface area (Å²) >= 11 is 3.27. The maximum absolute atomic E-state index is 12.2. The minimum atomic E-state index is -0.197. The molecule has 0 bridgehead atoms. The fourth-order valence-electron chi connectivity index (χ4n) is 2.52. The lowest BCUT2D eigenvalue weighted by Gasteiger charge is -2.09. The maximum Gasteiger partial charge on any atom is 0.255 e. The average molecular weight is 332 g/mol. The Morgan fingerprint density at radius 3 is 2.70 bits per heavy atom. The molecule has 2 aromatic carbocycles. The normalized spacial score (nSPS) is 13.1. The Morgan fingerprint density at radius 1 is 1.10 bits per heavy atom. The molecule has 0 saturated heterocycles. The van der Waals surface area contributed by atoms with Crippen LogP contribution in [0.2, 0.25) is 0 Å². The number of hydrogen-bond acceptors (Lipinski definition) is 2. The smallest absolute Gasteiger partial charge is 0.255 e. The van der Waals surface area contributed by atoms with Crippen LogP contribution in [0.25, 0.3) is 0 Å². The number of anilines is 1. The van der Waals surface area contributed by atoms with Gasteiger partial charge in [0.25, 0.3) is 5.91 Å². The van der Waals surface area contributed by atoms with Crippen LogP contribution in [0.1, 0.15) is 27.9 Å². The zero-order valence-corrected chi connectivity index (χ0v) is 12.4. The van der Waals surface area contributed by atoms with Gasteiger partial charge in [0, 0.05) is 10.0 Å². The van der Waals surface area contributed by atoms with Gasteiger partial charge in [0.05, 0.1) is 5.69 Å². The van der Waals surface area contributed by atoms with Gasteiger partial charge in [0.2, 0.25) is 0 Å². The number of nitrogens with one attached hydrogen (secondary N) is 1. The number of carbonyl (C=O) groups is 1. The number of amides is 1. The van der Waals surface area contributed by atoms with Crippen LogP contribution in [-0.4, -0.2) is 11.0 Å². The van der Waals surface area contributed by atoms with E-state index in [9.17, 15) is 9.90 Å². The first kappa shape index (κ1) is 13.2. The summed E-state index contributed by atoms with van der Waals surface area (Å²) in [4.78, 5) is 12.2. The van der Waals surface area contributed by atoms with Gasteiger partial charge in [0.1, 0.15) is 5.75 Å². The topological polar surface area (TPSA) is 49.3 Å². The molecule has 3 nitrogen and oxygen atoms in total. The summed E-state index contributed by atoms with van der Waals surface area (Å²) in [6.07, 6.45) is 3.30. The quantitative estimate of drug-likeness (QED) is 0.820. The number of hydrogen-bond donors (Lipinski definition) is 2. The van der Waals surface area contributed by atoms with Crippen molar-refractivity contribution in [3.05, 3.63) is 57.6 Å². The van der Waals surface area contributed by atoms with Gasteiger partial charge in [-0.25, -0.2) is 0 Å². The Kier molecular flexibility index (Phi) is 3.49. The van der Waals surface area contributed by atoms with Crippen LogP contribution in [0, 0.1) is 0 Å². The van der Waals surface area contributed by atoms with Crippen molar-refractivity contribution in [2.45, 2.75) is 19.3 Å². The van der Waals surface area contributed by atoms with E-state index >= 15 is 0 Å². The van der Waals surface area contributed by atoms with Gasteiger partial charge in [-0.15, -0.1) is 0 Å². The highest BCUT2D eigenvalue weighted by Gasteiger charge is 2.14. The molecule has 0 unspecified atom stereocenters. The number of benzene rings is 2. The summed E-state index contributed by atoms with van der Waals surface area (Å²) in [5.41, 5.74) is 3.65. The van der Waals surface area contributed by atoms with Crippen molar-refractivity contribution in [3.8, 4) is 5.75 Å². The molecule has 0 spiro atoms. The largest absolute Gasteiger partial charge is 0.506 e. The molecule has 2 aromatic rings. The molecular weight excluding hydrogens is 318 g/mol. The van der Waals surface area contributed by atoms with Gasteiger partial charge in [-0.05, 0) is 60.7 Å². The van der Waals surface area contributed by atoms with Gasteiger partial charge in [-0.2, -0.15) is 0 Å². The van der Waals surface area contributed by atoms with E-state index in [0.29, 0.717) is 11.3 Å². The molecule has 0 saturated carbocycles. The second-order valence-electron chi connectivity index (χ2n) is 4.95. The van der Waals surface area contributed by atoms with Crippen LogP contribution < -0.4 is 5.32 Å². The highest BCUT2D eigenvalue weighted by Crippen LogP contribution is 2.28. The Morgan fingerprint density at radius 2 is 1.90 bits per heavy atom. The van der Waals surface area contributed by atoms with Crippen molar-refractivity contribution in [1.82, 2.24) is 0 Å². The van der Waals surface area contributed by atoms with E-state index in [1.54, 1.807) is 18.2 Å². The van der Waals surface area contributed by atoms with E-state index in [4.69, 9.17) is 0 Å². The Balaban J connectivity index is 1.82. The Bertz CT molecular complexity index is 682. The van der Waals surface area contributed by atoms with Crippen molar-refractivity contribution in [2.24, 2.45) is 0 Å². The fraction of sp³-hybridized carbons (Fsp3) is 0.188. The molecule has 0 heterocycles. The molecule has 20 heavy (non-hydrogen) atoms. The number of phenols is 1. The highest BCUT2D eigenvalue weighted by molar-refractivity contribution is 9.10. The molecule has 3 rings (SSSR count). The summed E-state index contributed by atoms with van der Waals surface area (Å²) in [5, 5.41) is 12.5. The monoisotopic (exact) mass is 331 g/mol. The van der Waals surface area contributed by atoms with Crippen molar-refractivity contribution in [3.63, 3.8) is 0 Å². The van der Waals surface area contributed by atoms with Crippen molar-refractivity contribution < 1.29 is 9.90 Å². The molecule has 102 valence electrons.